The van der Waals surface area contributed by atoms with Crippen LogP contribution in [0.5, 0.6) is 0 Å². The number of carbonyl (C=O) groups is 1. The van der Waals surface area contributed by atoms with Crippen LogP contribution in [0.3, 0.4) is 0 Å². The first-order valence-electron chi connectivity index (χ1n) is 8.92. The summed E-state index contributed by atoms with van der Waals surface area (Å²) in [4.78, 5) is 30.8. The largest absolute Gasteiger partial charge is 0.437 e. The van der Waals surface area contributed by atoms with E-state index in [1.807, 2.05) is 35.2 Å². The SMILES string of the molecule is O=C(Cn1nc(-c2nccc3ccccc23)oc1=O)N1CCCCCC1. The molecular formula is C19H20N4O3. The monoisotopic (exact) mass is 352 g/mol. The lowest BCUT2D eigenvalue weighted by molar-refractivity contribution is -0.132. The van der Waals surface area contributed by atoms with Crippen LogP contribution in [0.15, 0.2) is 45.7 Å². The van der Waals surface area contributed by atoms with Crippen LogP contribution in [0.2, 0.25) is 0 Å². The summed E-state index contributed by atoms with van der Waals surface area (Å²) in [6.45, 7) is 1.37. The summed E-state index contributed by atoms with van der Waals surface area (Å²) >= 11 is 0. The summed E-state index contributed by atoms with van der Waals surface area (Å²) in [5.74, 6) is -0.604. The van der Waals surface area contributed by atoms with E-state index in [2.05, 4.69) is 10.1 Å². The number of amides is 1. The first-order valence-corrected chi connectivity index (χ1v) is 8.92. The molecular weight excluding hydrogens is 332 g/mol. The molecule has 7 heteroatoms. The van der Waals surface area contributed by atoms with Gasteiger partial charge in [-0.15, -0.1) is 5.10 Å². The molecule has 1 aromatic carbocycles. The maximum Gasteiger partial charge on any atom is 0.437 e. The van der Waals surface area contributed by atoms with Crippen molar-refractivity contribution in [2.75, 3.05) is 13.1 Å². The van der Waals surface area contributed by atoms with Gasteiger partial charge in [0.05, 0.1) is 0 Å². The van der Waals surface area contributed by atoms with E-state index in [1.165, 1.54) is 0 Å². The van der Waals surface area contributed by atoms with Crippen molar-refractivity contribution >= 4 is 16.7 Å². The topological polar surface area (TPSA) is 81.2 Å². The third-order valence-electron chi connectivity index (χ3n) is 4.73. The molecule has 0 atom stereocenters. The minimum Gasteiger partial charge on any atom is -0.386 e. The lowest BCUT2D eigenvalue weighted by Gasteiger charge is -2.19. The van der Waals surface area contributed by atoms with Crippen LogP contribution in [0, 0.1) is 0 Å². The van der Waals surface area contributed by atoms with Gasteiger partial charge in [-0.3, -0.25) is 9.78 Å². The summed E-state index contributed by atoms with van der Waals surface area (Å²) in [5.41, 5.74) is 0.501. The third kappa shape index (κ3) is 3.24. The Morgan fingerprint density at radius 1 is 1.08 bits per heavy atom. The van der Waals surface area contributed by atoms with Gasteiger partial charge in [0.2, 0.25) is 5.91 Å². The van der Waals surface area contributed by atoms with Crippen molar-refractivity contribution in [3.8, 4) is 11.6 Å². The number of nitrogens with zero attached hydrogens (tertiary/aromatic N) is 4. The zero-order valence-corrected chi connectivity index (χ0v) is 14.4. The Morgan fingerprint density at radius 2 is 1.85 bits per heavy atom. The molecule has 1 aliphatic heterocycles. The number of rotatable bonds is 3. The van der Waals surface area contributed by atoms with Gasteiger partial charge in [-0.05, 0) is 24.3 Å². The van der Waals surface area contributed by atoms with Gasteiger partial charge in [-0.25, -0.2) is 4.79 Å². The molecule has 0 aliphatic carbocycles. The van der Waals surface area contributed by atoms with Crippen molar-refractivity contribution in [1.29, 1.82) is 0 Å². The molecule has 4 rings (SSSR count). The molecule has 1 saturated heterocycles. The second-order valence-corrected chi connectivity index (χ2v) is 6.51. The highest BCUT2D eigenvalue weighted by molar-refractivity contribution is 5.92. The van der Waals surface area contributed by atoms with Gasteiger partial charge in [-0.1, -0.05) is 37.1 Å². The highest BCUT2D eigenvalue weighted by Gasteiger charge is 2.20. The molecule has 0 spiro atoms. The van der Waals surface area contributed by atoms with Gasteiger partial charge in [0.25, 0.3) is 5.89 Å². The highest BCUT2D eigenvalue weighted by atomic mass is 16.4. The molecule has 1 fully saturated rings. The quantitative estimate of drug-likeness (QED) is 0.723. The Hall–Kier alpha value is -2.96. The predicted octanol–water partition coefficient (Wildman–Crippen LogP) is 2.45. The number of fused-ring (bicyclic) bond motifs is 1. The fraction of sp³-hybridized carbons (Fsp3) is 0.368. The van der Waals surface area contributed by atoms with E-state index >= 15 is 0 Å². The van der Waals surface area contributed by atoms with Gasteiger partial charge < -0.3 is 9.32 Å². The Bertz CT molecular complexity index is 978. The maximum atomic E-state index is 12.5. The minimum absolute atomic E-state index is 0.0975. The molecule has 3 aromatic rings. The number of hydrogen-bond donors (Lipinski definition) is 0. The van der Waals surface area contributed by atoms with Crippen LogP contribution >= 0.6 is 0 Å². The van der Waals surface area contributed by atoms with Crippen LogP contribution in [0.1, 0.15) is 25.7 Å². The van der Waals surface area contributed by atoms with Gasteiger partial charge in [0.1, 0.15) is 12.2 Å². The number of hydrogen-bond acceptors (Lipinski definition) is 5. The molecule has 0 unspecified atom stereocenters. The smallest absolute Gasteiger partial charge is 0.386 e. The van der Waals surface area contributed by atoms with Crippen LogP contribution in [-0.2, 0) is 11.3 Å². The zero-order valence-electron chi connectivity index (χ0n) is 14.4. The molecule has 2 aromatic heterocycles. The molecule has 1 amide bonds. The molecule has 7 nitrogen and oxygen atoms in total. The summed E-state index contributed by atoms with van der Waals surface area (Å²) in [5, 5.41) is 6.05. The van der Waals surface area contributed by atoms with Gasteiger partial charge in [0, 0.05) is 24.7 Å². The lowest BCUT2D eigenvalue weighted by atomic mass is 10.1. The van der Waals surface area contributed by atoms with Gasteiger partial charge in [-0.2, -0.15) is 4.68 Å². The summed E-state index contributed by atoms with van der Waals surface area (Å²) in [6, 6.07) is 9.57. The predicted molar refractivity (Wildman–Crippen MR) is 96.5 cm³/mol. The third-order valence-corrected chi connectivity index (χ3v) is 4.73. The fourth-order valence-corrected chi connectivity index (χ4v) is 3.34. The van der Waals surface area contributed by atoms with Gasteiger partial charge in [0.15, 0.2) is 0 Å². The van der Waals surface area contributed by atoms with E-state index in [4.69, 9.17) is 4.42 Å². The second-order valence-electron chi connectivity index (χ2n) is 6.51. The molecule has 134 valence electrons. The average Bonchev–Trinajstić information content (AvgIpc) is 2.87. The number of aromatic nitrogens is 3. The molecule has 1 aliphatic rings. The van der Waals surface area contributed by atoms with Crippen molar-refractivity contribution in [1.82, 2.24) is 19.7 Å². The Balaban J connectivity index is 1.61. The van der Waals surface area contributed by atoms with Crippen molar-refractivity contribution in [2.24, 2.45) is 0 Å². The lowest BCUT2D eigenvalue weighted by Crippen LogP contribution is -2.36. The first-order chi connectivity index (χ1) is 12.7. The van der Waals surface area contributed by atoms with Crippen molar-refractivity contribution in [2.45, 2.75) is 32.2 Å². The van der Waals surface area contributed by atoms with Crippen LogP contribution in [0.25, 0.3) is 22.4 Å². The fourth-order valence-electron chi connectivity index (χ4n) is 3.34. The normalized spacial score (nSPS) is 15.2. The molecule has 26 heavy (non-hydrogen) atoms. The van der Waals surface area contributed by atoms with E-state index in [0.29, 0.717) is 5.69 Å². The molecule has 3 heterocycles. The van der Waals surface area contributed by atoms with Crippen molar-refractivity contribution in [3.63, 3.8) is 0 Å². The molecule has 0 saturated carbocycles. The Kier molecular flexibility index (Phi) is 4.51. The van der Waals surface area contributed by atoms with E-state index in [9.17, 15) is 9.59 Å². The number of pyridine rings is 1. The van der Waals surface area contributed by atoms with E-state index in [-0.39, 0.29) is 18.3 Å². The summed E-state index contributed by atoms with van der Waals surface area (Å²) in [7, 11) is 0. The second kappa shape index (κ2) is 7.11. The summed E-state index contributed by atoms with van der Waals surface area (Å²) in [6.07, 6.45) is 5.95. The number of likely N-dealkylation sites (tertiary alicyclic amines) is 1. The maximum absolute atomic E-state index is 12.5. The Labute approximate surface area is 150 Å². The van der Waals surface area contributed by atoms with Crippen LogP contribution < -0.4 is 5.76 Å². The van der Waals surface area contributed by atoms with E-state index < -0.39 is 5.76 Å². The Morgan fingerprint density at radius 3 is 2.65 bits per heavy atom. The number of carbonyl (C=O) groups excluding carboxylic acids is 1. The van der Waals surface area contributed by atoms with E-state index in [1.54, 1.807) is 6.20 Å². The standard InChI is InChI=1S/C19H20N4O3/c24-16(22-11-5-1-2-6-12-22)13-23-19(25)26-18(21-23)17-15-8-4-3-7-14(15)9-10-20-17/h3-4,7-10H,1-2,5-6,11-13H2. The van der Waals surface area contributed by atoms with E-state index in [0.717, 1.165) is 54.2 Å². The zero-order chi connectivity index (χ0) is 17.9. The molecule has 0 N–H and O–H groups in total. The molecule has 0 radical (unpaired) electrons. The highest BCUT2D eigenvalue weighted by Crippen LogP contribution is 2.24. The van der Waals surface area contributed by atoms with Crippen molar-refractivity contribution < 1.29 is 9.21 Å². The van der Waals surface area contributed by atoms with Crippen molar-refractivity contribution in [3.05, 3.63) is 47.1 Å². The molecule has 0 bridgehead atoms. The minimum atomic E-state index is -0.641. The van der Waals surface area contributed by atoms with Crippen LogP contribution in [-0.4, -0.2) is 38.7 Å². The number of benzene rings is 1. The van der Waals surface area contributed by atoms with Gasteiger partial charge >= 0.3 is 5.76 Å². The summed E-state index contributed by atoms with van der Waals surface area (Å²) < 4.78 is 6.37. The average molecular weight is 352 g/mol. The first kappa shape index (κ1) is 16.5. The van der Waals surface area contributed by atoms with Crippen LogP contribution in [0.4, 0.5) is 0 Å².